The number of nitro groups is 1. The van der Waals surface area contributed by atoms with Gasteiger partial charge >= 0.3 is 12.3 Å². The third-order valence-corrected chi connectivity index (χ3v) is 4.82. The zero-order valence-electron chi connectivity index (χ0n) is 21.3. The molecule has 1 heterocycles. The van der Waals surface area contributed by atoms with Crippen LogP contribution in [0.3, 0.4) is 0 Å². The fourth-order valence-corrected chi connectivity index (χ4v) is 3.19. The highest BCUT2D eigenvalue weighted by atomic mass is 16.7. The molecule has 15 heteroatoms. The maximum absolute atomic E-state index is 13.6. The predicted octanol–water partition coefficient (Wildman–Crippen LogP) is 3.91. The number of nitrogens with zero attached hydrogens (tertiary/aromatic N) is 4. The van der Waals surface area contributed by atoms with Crippen molar-refractivity contribution in [2.75, 3.05) is 14.2 Å². The van der Waals surface area contributed by atoms with E-state index in [0.717, 1.165) is 16.9 Å². The largest absolute Gasteiger partial charge is 0.510 e. The summed E-state index contributed by atoms with van der Waals surface area (Å²) in [5.41, 5.74) is -1.77. The summed E-state index contributed by atoms with van der Waals surface area (Å²) in [4.78, 5) is 48.7. The van der Waals surface area contributed by atoms with Crippen LogP contribution in [0.2, 0.25) is 0 Å². The van der Waals surface area contributed by atoms with Crippen molar-refractivity contribution >= 4 is 23.8 Å². The van der Waals surface area contributed by atoms with Crippen LogP contribution in [0.25, 0.3) is 0 Å². The second kappa shape index (κ2) is 12.0. The van der Waals surface area contributed by atoms with Crippen LogP contribution < -0.4 is 9.47 Å². The van der Waals surface area contributed by atoms with Crippen LogP contribution in [-0.2, 0) is 14.2 Å². The Bertz CT molecular complexity index is 1180. The van der Waals surface area contributed by atoms with Gasteiger partial charge in [0.25, 0.3) is 5.69 Å². The number of ether oxygens (including phenoxy) is 5. The molecule has 1 aromatic carbocycles. The van der Waals surface area contributed by atoms with Crippen molar-refractivity contribution in [2.45, 2.75) is 53.1 Å². The Hall–Kier alpha value is -4.43. The summed E-state index contributed by atoms with van der Waals surface area (Å²) in [7, 11) is 2.55. The molecule has 2 aromatic rings. The molecular formula is C22H28N4O11. The van der Waals surface area contributed by atoms with Gasteiger partial charge in [-0.15, -0.1) is 15.0 Å². The molecule has 1 N–H and O–H groups in total. The number of aromatic nitrogens is 3. The van der Waals surface area contributed by atoms with Gasteiger partial charge in [0.05, 0.1) is 31.3 Å². The molecule has 2 rings (SSSR count). The molecule has 2 unspecified atom stereocenters. The van der Waals surface area contributed by atoms with Crippen LogP contribution in [0.1, 0.15) is 68.7 Å². The van der Waals surface area contributed by atoms with Gasteiger partial charge in [-0.3, -0.25) is 14.9 Å². The minimum atomic E-state index is -1.66. The van der Waals surface area contributed by atoms with E-state index >= 15 is 0 Å². The summed E-state index contributed by atoms with van der Waals surface area (Å²) in [6.45, 7) is 7.88. The first-order valence-electron chi connectivity index (χ1n) is 11.0. The summed E-state index contributed by atoms with van der Waals surface area (Å²) in [6.07, 6.45) is -5.66. The van der Waals surface area contributed by atoms with Gasteiger partial charge in [-0.25, -0.2) is 9.59 Å². The van der Waals surface area contributed by atoms with Gasteiger partial charge in [-0.05, 0) is 20.8 Å². The molecule has 0 aliphatic carbocycles. The number of benzene rings is 1. The lowest BCUT2D eigenvalue weighted by Crippen LogP contribution is -2.26. The smallest absolute Gasteiger partial charge is 0.493 e. The average Bonchev–Trinajstić information content (AvgIpc) is 3.25. The summed E-state index contributed by atoms with van der Waals surface area (Å²) < 4.78 is 25.3. The molecule has 0 aliphatic heterocycles. The van der Waals surface area contributed by atoms with E-state index in [1.54, 1.807) is 27.7 Å². The quantitative estimate of drug-likeness (QED) is 0.193. The van der Waals surface area contributed by atoms with Crippen LogP contribution in [0.4, 0.5) is 15.3 Å². The van der Waals surface area contributed by atoms with Crippen LogP contribution in [-0.4, -0.2) is 63.4 Å². The lowest BCUT2D eigenvalue weighted by Gasteiger charge is -2.20. The number of rotatable bonds is 11. The third kappa shape index (κ3) is 6.83. The summed E-state index contributed by atoms with van der Waals surface area (Å²) in [5, 5.41) is 29.1. The fourth-order valence-electron chi connectivity index (χ4n) is 3.19. The van der Waals surface area contributed by atoms with Gasteiger partial charge in [0.1, 0.15) is 17.4 Å². The highest BCUT2D eigenvalue weighted by molar-refractivity contribution is 6.11. The van der Waals surface area contributed by atoms with Crippen LogP contribution >= 0.6 is 0 Å². The molecule has 0 bridgehead atoms. The van der Waals surface area contributed by atoms with Crippen LogP contribution in [0.5, 0.6) is 11.5 Å². The molecule has 37 heavy (non-hydrogen) atoms. The van der Waals surface area contributed by atoms with E-state index in [0.29, 0.717) is 0 Å². The van der Waals surface area contributed by atoms with Gasteiger partial charge in [0.15, 0.2) is 17.2 Å². The topological polar surface area (TPSA) is 191 Å². The Balaban J connectivity index is 2.70. The van der Waals surface area contributed by atoms with Gasteiger partial charge in [0.2, 0.25) is 12.0 Å². The van der Waals surface area contributed by atoms with E-state index in [2.05, 4.69) is 10.2 Å². The van der Waals surface area contributed by atoms with Crippen molar-refractivity contribution in [3.63, 3.8) is 0 Å². The predicted molar refractivity (Wildman–Crippen MR) is 124 cm³/mol. The monoisotopic (exact) mass is 524 g/mol. The molecule has 0 spiro atoms. The molecule has 15 nitrogen and oxygen atoms in total. The average molecular weight is 524 g/mol. The van der Waals surface area contributed by atoms with Crippen molar-refractivity contribution in [3.05, 3.63) is 39.2 Å². The molecule has 202 valence electrons. The van der Waals surface area contributed by atoms with Crippen molar-refractivity contribution in [1.82, 2.24) is 15.0 Å². The third-order valence-electron chi connectivity index (χ3n) is 4.82. The highest BCUT2D eigenvalue weighted by Crippen LogP contribution is 2.36. The van der Waals surface area contributed by atoms with E-state index in [-0.39, 0.29) is 17.2 Å². The first-order chi connectivity index (χ1) is 17.3. The highest BCUT2D eigenvalue weighted by Gasteiger charge is 2.34. The molecular weight excluding hydrogens is 496 g/mol. The van der Waals surface area contributed by atoms with Gasteiger partial charge in [-0.1, -0.05) is 13.8 Å². The van der Waals surface area contributed by atoms with Crippen LogP contribution in [0.15, 0.2) is 12.1 Å². The molecule has 1 aromatic heterocycles. The van der Waals surface area contributed by atoms with E-state index in [1.807, 2.05) is 0 Å². The molecule has 0 fully saturated rings. The number of carbonyl (C=O) groups excluding carboxylic acids is 2. The summed E-state index contributed by atoms with van der Waals surface area (Å²) >= 11 is 0. The normalized spacial score (nSPS) is 12.6. The second-order valence-corrected chi connectivity index (χ2v) is 8.26. The zero-order chi connectivity index (χ0) is 28.0. The number of carboxylic acid groups (broad SMARTS) is 1. The van der Waals surface area contributed by atoms with E-state index in [4.69, 9.17) is 28.8 Å². The van der Waals surface area contributed by atoms with Crippen molar-refractivity contribution < 1.29 is 48.1 Å². The van der Waals surface area contributed by atoms with Crippen LogP contribution in [0, 0.1) is 16.0 Å². The maximum atomic E-state index is 13.6. The second-order valence-electron chi connectivity index (χ2n) is 8.26. The van der Waals surface area contributed by atoms with E-state index in [9.17, 15) is 24.5 Å². The van der Waals surface area contributed by atoms with E-state index in [1.165, 1.54) is 21.1 Å². The number of methoxy groups -OCH3 is 2. The number of hydrogen-bond acceptors (Lipinski definition) is 12. The maximum Gasteiger partial charge on any atom is 0.510 e. The number of nitro benzene ring substituents is 1. The lowest BCUT2D eigenvalue weighted by atomic mass is 10.0. The van der Waals surface area contributed by atoms with Crippen molar-refractivity contribution in [1.29, 1.82) is 0 Å². The minimum Gasteiger partial charge on any atom is -0.493 e. The Kier molecular flexibility index (Phi) is 9.35. The zero-order valence-corrected chi connectivity index (χ0v) is 21.3. The van der Waals surface area contributed by atoms with Gasteiger partial charge in [-0.2, -0.15) is 0 Å². The Morgan fingerprint density at radius 2 is 1.57 bits per heavy atom. The fraction of sp³-hybridized carbons (Fsp3) is 0.500. The minimum absolute atomic E-state index is 0.00847. The first-order valence-corrected chi connectivity index (χ1v) is 11.0. The van der Waals surface area contributed by atoms with Gasteiger partial charge in [0, 0.05) is 12.0 Å². The molecule has 0 amide bonds. The molecule has 0 radical (unpaired) electrons. The van der Waals surface area contributed by atoms with Crippen molar-refractivity contribution in [3.8, 4) is 11.5 Å². The Morgan fingerprint density at radius 1 is 0.973 bits per heavy atom. The molecule has 0 saturated carbocycles. The number of hydrogen-bond donors (Lipinski definition) is 1. The number of ketones is 1. The summed E-state index contributed by atoms with van der Waals surface area (Å²) in [6, 6.07) is 2.11. The molecule has 2 atom stereocenters. The summed E-state index contributed by atoms with van der Waals surface area (Å²) in [5.74, 6) is -1.38. The van der Waals surface area contributed by atoms with E-state index < -0.39 is 64.3 Å². The first kappa shape index (κ1) is 28.8. The molecule has 0 saturated heterocycles. The number of carbonyl (C=O) groups is 3. The standard InChI is InChI=1S/C22H28N4O11/c1-10(2)20(37-22(30)35-11(3)4)25-23-17(12(5)36-21(28)29)18(24-25)19(27)13-8-15(33-6)16(34-7)9-14(13)26(31)32/h8-12,20H,1-7H3,(H,28,29). The lowest BCUT2D eigenvalue weighted by molar-refractivity contribution is -0.385. The Morgan fingerprint density at radius 3 is 2.05 bits per heavy atom. The molecule has 0 aliphatic rings. The SMILES string of the molecule is COc1cc(C(=O)c2nn(C(OC(=O)OC(C)C)C(C)C)nc2C(C)OC(=O)O)c([N+](=O)[O-])cc1OC. The Labute approximate surface area is 211 Å². The van der Waals surface area contributed by atoms with Crippen molar-refractivity contribution in [2.24, 2.45) is 5.92 Å². The van der Waals surface area contributed by atoms with Gasteiger partial charge < -0.3 is 28.8 Å².